The largest absolute Gasteiger partial charge is 0.522 e. The van der Waals surface area contributed by atoms with Gasteiger partial charge in [0.25, 0.3) is 5.89 Å². The highest BCUT2D eigenvalue weighted by molar-refractivity contribution is 5.79. The lowest BCUT2D eigenvalue weighted by molar-refractivity contribution is -0.357. The van der Waals surface area contributed by atoms with E-state index in [1.165, 1.54) is 0 Å². The fraction of sp³-hybridized carbons (Fsp3) is 0.600. The summed E-state index contributed by atoms with van der Waals surface area (Å²) < 4.78 is 89.2. The molecule has 4 aliphatic carbocycles. The summed E-state index contributed by atoms with van der Waals surface area (Å²) in [6, 6.07) is 2.04. The van der Waals surface area contributed by atoms with Gasteiger partial charge in [0, 0.05) is 24.6 Å². The van der Waals surface area contributed by atoms with Gasteiger partial charge in [-0.3, -0.25) is 14.5 Å². The number of hydrogen-bond acceptors (Lipinski definition) is 7. The Bertz CT molecular complexity index is 1060. The molecule has 6 rings (SSSR count). The molecule has 2 aromatic rings. The summed E-state index contributed by atoms with van der Waals surface area (Å²) in [5.41, 5.74) is -1.59. The molecule has 2 aromatic heterocycles. The first-order valence-electron chi connectivity index (χ1n) is 10.4. The molecule has 2 heterocycles. The van der Waals surface area contributed by atoms with Crippen LogP contribution in [0.2, 0.25) is 0 Å². The van der Waals surface area contributed by atoms with Crippen LogP contribution in [0.25, 0.3) is 11.6 Å². The van der Waals surface area contributed by atoms with Crippen molar-refractivity contribution in [3.63, 3.8) is 0 Å². The third kappa shape index (κ3) is 4.35. The molecule has 0 aromatic carbocycles. The molecule has 8 nitrogen and oxygen atoms in total. The van der Waals surface area contributed by atoms with E-state index in [-0.39, 0.29) is 36.9 Å². The summed E-state index contributed by atoms with van der Waals surface area (Å²) in [6.45, 7) is -0.261. The van der Waals surface area contributed by atoms with Gasteiger partial charge in [-0.15, -0.1) is 23.4 Å². The lowest BCUT2D eigenvalue weighted by Crippen LogP contribution is -2.77. The SMILES string of the molecule is O=C(CO[C@H]1C[C@@H](OC(F)(F)F)C1)NC12CC(c3nnc(-c4ccc(C(F)(F)F)cn4)o3)(C1)C2. The van der Waals surface area contributed by atoms with Crippen LogP contribution in [0.15, 0.2) is 22.7 Å². The standard InChI is InChI=1S/C20H18F6N4O4/c21-19(22,23)10-1-2-13(27-5-10)15-29-30-16(33-15)17-7-18(8-17,9-17)28-14(31)6-32-11-3-12(4-11)34-20(24,25)26/h1-2,5,11-12H,3-4,6-9H2,(H,28,31)/t11-,12+,17?,18?. The Morgan fingerprint density at radius 1 is 1.09 bits per heavy atom. The van der Waals surface area contributed by atoms with Gasteiger partial charge in [-0.1, -0.05) is 0 Å². The number of hydrogen-bond donors (Lipinski definition) is 1. The van der Waals surface area contributed by atoms with Crippen molar-refractivity contribution >= 4 is 5.91 Å². The predicted molar refractivity (Wildman–Crippen MR) is 98.8 cm³/mol. The Hall–Kier alpha value is -2.74. The average Bonchev–Trinajstić information content (AvgIpc) is 3.13. The minimum atomic E-state index is -4.68. The average molecular weight is 492 g/mol. The number of halogens is 6. The minimum Gasteiger partial charge on any atom is -0.419 e. The maximum Gasteiger partial charge on any atom is 0.522 e. The number of nitrogens with one attached hydrogen (secondary N) is 1. The Kier molecular flexibility index (Phi) is 5.17. The lowest BCUT2D eigenvalue weighted by atomic mass is 9.39. The molecule has 34 heavy (non-hydrogen) atoms. The first-order valence-corrected chi connectivity index (χ1v) is 10.4. The Morgan fingerprint density at radius 2 is 1.79 bits per heavy atom. The van der Waals surface area contributed by atoms with Gasteiger partial charge in [0.15, 0.2) is 0 Å². The Morgan fingerprint density at radius 3 is 2.38 bits per heavy atom. The van der Waals surface area contributed by atoms with E-state index in [0.717, 1.165) is 12.1 Å². The quantitative estimate of drug-likeness (QED) is 0.591. The van der Waals surface area contributed by atoms with Crippen LogP contribution in [0.3, 0.4) is 0 Å². The second-order valence-electron chi connectivity index (χ2n) is 9.07. The number of rotatable bonds is 7. The normalized spacial score (nSPS) is 30.2. The number of nitrogens with zero attached hydrogens (tertiary/aromatic N) is 3. The molecule has 14 heteroatoms. The van der Waals surface area contributed by atoms with Crippen molar-refractivity contribution in [2.75, 3.05) is 6.61 Å². The highest BCUT2D eigenvalue weighted by Gasteiger charge is 2.71. The summed E-state index contributed by atoms with van der Waals surface area (Å²) in [4.78, 5) is 15.9. The van der Waals surface area contributed by atoms with Crippen molar-refractivity contribution in [3.8, 4) is 11.6 Å². The van der Waals surface area contributed by atoms with Gasteiger partial charge in [-0.2, -0.15) is 13.2 Å². The summed E-state index contributed by atoms with van der Waals surface area (Å²) in [6.07, 6.45) is -8.06. The van der Waals surface area contributed by atoms with Crippen LogP contribution in [0.4, 0.5) is 26.3 Å². The first-order chi connectivity index (χ1) is 15.8. The molecule has 4 aliphatic rings. The second kappa shape index (κ2) is 7.63. The molecule has 0 radical (unpaired) electrons. The van der Waals surface area contributed by atoms with Gasteiger partial charge in [-0.25, -0.2) is 0 Å². The van der Waals surface area contributed by atoms with Crippen LogP contribution >= 0.6 is 0 Å². The van der Waals surface area contributed by atoms with Crippen LogP contribution in [-0.4, -0.2) is 51.8 Å². The Labute approximate surface area is 188 Å². The highest BCUT2D eigenvalue weighted by Crippen LogP contribution is 2.67. The van der Waals surface area contributed by atoms with Crippen LogP contribution < -0.4 is 5.32 Å². The topological polar surface area (TPSA) is 99.4 Å². The summed E-state index contributed by atoms with van der Waals surface area (Å²) >= 11 is 0. The van der Waals surface area contributed by atoms with E-state index < -0.39 is 41.3 Å². The van der Waals surface area contributed by atoms with E-state index in [2.05, 4.69) is 25.2 Å². The fourth-order valence-corrected chi connectivity index (χ4v) is 4.84. The zero-order valence-corrected chi connectivity index (χ0v) is 17.4. The molecule has 1 amide bonds. The van der Waals surface area contributed by atoms with E-state index in [1.807, 2.05) is 0 Å². The zero-order chi connectivity index (χ0) is 24.4. The molecular weight excluding hydrogens is 474 g/mol. The fourth-order valence-electron chi connectivity index (χ4n) is 4.84. The maximum atomic E-state index is 12.7. The second-order valence-corrected chi connectivity index (χ2v) is 9.07. The molecule has 4 fully saturated rings. The molecule has 0 saturated heterocycles. The number of alkyl halides is 6. The predicted octanol–water partition coefficient (Wildman–Crippen LogP) is 3.52. The minimum absolute atomic E-state index is 0.00763. The molecule has 0 spiro atoms. The number of carbonyl (C=O) groups excluding carboxylic acids is 1. The van der Waals surface area contributed by atoms with Gasteiger partial charge in [0.1, 0.15) is 12.3 Å². The highest BCUT2D eigenvalue weighted by atomic mass is 19.4. The van der Waals surface area contributed by atoms with Crippen molar-refractivity contribution in [2.24, 2.45) is 0 Å². The van der Waals surface area contributed by atoms with E-state index in [0.29, 0.717) is 31.4 Å². The van der Waals surface area contributed by atoms with Crippen LogP contribution in [0.1, 0.15) is 43.6 Å². The maximum absolute atomic E-state index is 12.7. The molecular formula is C20H18F6N4O4. The van der Waals surface area contributed by atoms with Crippen molar-refractivity contribution < 1.29 is 45.0 Å². The monoisotopic (exact) mass is 492 g/mol. The number of carbonyl (C=O) groups is 1. The third-order valence-electron chi connectivity index (χ3n) is 6.43. The Balaban J connectivity index is 1.08. The molecule has 4 saturated carbocycles. The van der Waals surface area contributed by atoms with Crippen LogP contribution in [0, 0.1) is 0 Å². The third-order valence-corrected chi connectivity index (χ3v) is 6.43. The van der Waals surface area contributed by atoms with Gasteiger partial charge in [0.2, 0.25) is 11.8 Å². The molecule has 1 N–H and O–H groups in total. The number of ether oxygens (including phenoxy) is 2. The number of aromatic nitrogens is 3. The molecule has 0 unspecified atom stereocenters. The molecule has 0 atom stereocenters. The first kappa shape index (κ1) is 23.0. The van der Waals surface area contributed by atoms with Crippen molar-refractivity contribution in [1.29, 1.82) is 0 Å². The summed E-state index contributed by atoms with van der Waals surface area (Å²) in [5, 5.41) is 10.8. The molecule has 0 aliphatic heterocycles. The van der Waals surface area contributed by atoms with E-state index in [1.54, 1.807) is 0 Å². The van der Waals surface area contributed by atoms with Gasteiger partial charge in [-0.05, 0) is 31.4 Å². The van der Waals surface area contributed by atoms with Gasteiger partial charge < -0.3 is 14.5 Å². The van der Waals surface area contributed by atoms with Crippen molar-refractivity contribution in [3.05, 3.63) is 29.8 Å². The van der Waals surface area contributed by atoms with Crippen molar-refractivity contribution in [2.45, 2.75) is 67.8 Å². The van der Waals surface area contributed by atoms with E-state index >= 15 is 0 Å². The van der Waals surface area contributed by atoms with Crippen molar-refractivity contribution in [1.82, 2.24) is 20.5 Å². The summed E-state index contributed by atoms with van der Waals surface area (Å²) in [7, 11) is 0. The van der Waals surface area contributed by atoms with Gasteiger partial charge >= 0.3 is 12.5 Å². The summed E-state index contributed by atoms with van der Waals surface area (Å²) in [5.74, 6) is -0.0244. The van der Waals surface area contributed by atoms with Crippen LogP contribution in [0.5, 0.6) is 0 Å². The number of pyridine rings is 1. The van der Waals surface area contributed by atoms with Gasteiger partial charge in [0.05, 0.1) is 23.2 Å². The smallest absolute Gasteiger partial charge is 0.419 e. The zero-order valence-electron chi connectivity index (χ0n) is 17.4. The molecule has 2 bridgehead atoms. The van der Waals surface area contributed by atoms with E-state index in [9.17, 15) is 31.1 Å². The van der Waals surface area contributed by atoms with Crippen LogP contribution in [-0.2, 0) is 25.9 Å². The molecule has 184 valence electrons. The van der Waals surface area contributed by atoms with E-state index in [4.69, 9.17) is 9.15 Å². The lowest BCUT2D eigenvalue weighted by Gasteiger charge is -2.68. The number of amides is 1.